The Balaban J connectivity index is 3.46. The van der Waals surface area contributed by atoms with Crippen molar-refractivity contribution in [1.29, 1.82) is 0 Å². The van der Waals surface area contributed by atoms with Crippen LogP contribution in [0.15, 0.2) is 9.98 Å². The first kappa shape index (κ1) is 70.9. The lowest BCUT2D eigenvalue weighted by molar-refractivity contribution is -0.143. The molecule has 0 aromatic heterocycles. The topological polar surface area (TPSA) is 615 Å². The van der Waals surface area contributed by atoms with E-state index in [9.17, 15) is 77.6 Å². The van der Waals surface area contributed by atoms with Gasteiger partial charge in [-0.2, -0.15) is 12.6 Å². The van der Waals surface area contributed by atoms with E-state index in [1.807, 2.05) is 5.32 Å². The molecule has 1 rings (SSSR count). The first-order valence-electron chi connectivity index (χ1n) is 25.5. The van der Waals surface area contributed by atoms with E-state index in [0.717, 1.165) is 6.92 Å². The molecule has 0 bridgehead atoms. The van der Waals surface area contributed by atoms with Crippen LogP contribution in [-0.4, -0.2) is 208 Å². The number of carbonyl (C=O) groups is 13. The Morgan fingerprint density at radius 3 is 1.43 bits per heavy atom. The fraction of sp³-hybridized carbons (Fsp3) is 0.667. The van der Waals surface area contributed by atoms with Crippen LogP contribution in [-0.2, 0) is 62.3 Å². The summed E-state index contributed by atoms with van der Waals surface area (Å²) >= 11 is 4.06. The fourth-order valence-electron chi connectivity index (χ4n) is 7.76. The maximum atomic E-state index is 14.0. The van der Waals surface area contributed by atoms with E-state index in [1.54, 1.807) is 13.8 Å². The van der Waals surface area contributed by atoms with E-state index in [0.29, 0.717) is 12.8 Å². The summed E-state index contributed by atoms with van der Waals surface area (Å²) in [6, 6.07) is -16.4. The van der Waals surface area contributed by atoms with Crippen LogP contribution < -0.4 is 88.4 Å². The van der Waals surface area contributed by atoms with Crippen LogP contribution in [0.4, 0.5) is 0 Å². The van der Waals surface area contributed by atoms with Crippen LogP contribution in [0.1, 0.15) is 85.0 Å². The van der Waals surface area contributed by atoms with Crippen LogP contribution in [0.3, 0.4) is 0 Å². The first-order valence-corrected chi connectivity index (χ1v) is 26.1. The minimum atomic E-state index is -2.04. The van der Waals surface area contributed by atoms with Crippen molar-refractivity contribution >= 4 is 101 Å². The maximum Gasteiger partial charge on any atom is 0.328 e. The lowest BCUT2D eigenvalue weighted by Crippen LogP contribution is -2.63. The van der Waals surface area contributed by atoms with Gasteiger partial charge in [0.1, 0.15) is 54.4 Å². The number of carboxylic acid groups (broad SMARTS) is 1. The average molecular weight is 1170 g/mol. The van der Waals surface area contributed by atoms with Crippen molar-refractivity contribution in [3.8, 4) is 0 Å². The summed E-state index contributed by atoms with van der Waals surface area (Å²) in [5, 5.41) is 47.4. The van der Waals surface area contributed by atoms with Crippen molar-refractivity contribution in [3.63, 3.8) is 0 Å². The molecule has 0 aromatic rings. The highest BCUT2D eigenvalue weighted by Gasteiger charge is 2.40. The number of aliphatic carboxylic acids is 1. The number of aliphatic imine (C=N–C) groups is 2. The number of likely N-dealkylation sites (tertiary alicyclic amines) is 1. The molecule has 27 N–H and O–H groups in total. The molecule has 0 radical (unpaired) electrons. The van der Waals surface area contributed by atoms with Gasteiger partial charge in [-0.25, -0.2) is 4.79 Å². The number of nitrogens with zero attached hydrogens (tertiary/aromatic N) is 3. The van der Waals surface area contributed by atoms with Gasteiger partial charge in [0.05, 0.1) is 38.0 Å². The number of thiol groups is 1. The molecular weight excluding hydrogens is 1090 g/mol. The van der Waals surface area contributed by atoms with Crippen LogP contribution in [0.25, 0.3) is 0 Å². The number of primary amides is 3. The van der Waals surface area contributed by atoms with Gasteiger partial charge in [-0.15, -0.1) is 0 Å². The van der Waals surface area contributed by atoms with Crippen LogP contribution >= 0.6 is 12.6 Å². The number of amides is 12. The van der Waals surface area contributed by atoms with Gasteiger partial charge in [-0.1, -0.05) is 20.3 Å². The van der Waals surface area contributed by atoms with Gasteiger partial charge in [0.2, 0.25) is 70.9 Å². The van der Waals surface area contributed by atoms with E-state index < -0.39 is 175 Å². The molecule has 35 nitrogen and oxygen atoms in total. The Morgan fingerprint density at radius 2 is 0.988 bits per heavy atom. The Morgan fingerprint density at radius 1 is 0.580 bits per heavy atom. The van der Waals surface area contributed by atoms with E-state index >= 15 is 0 Å². The Bertz CT molecular complexity index is 2320. The number of carbonyl (C=O) groups excluding carboxylic acids is 12. The Kier molecular flexibility index (Phi) is 31.1. The molecule has 81 heavy (non-hydrogen) atoms. The van der Waals surface area contributed by atoms with Crippen LogP contribution in [0, 0.1) is 5.92 Å². The summed E-state index contributed by atoms with van der Waals surface area (Å²) < 4.78 is 0. The number of nitrogens with one attached hydrogen (secondary N) is 8. The number of hydrogen-bond acceptors (Lipinski definition) is 19. The quantitative estimate of drug-likeness (QED) is 0.0119. The predicted molar refractivity (Wildman–Crippen MR) is 289 cm³/mol. The van der Waals surface area contributed by atoms with Crippen molar-refractivity contribution in [2.75, 3.05) is 32.0 Å². The average Bonchev–Trinajstić information content (AvgIpc) is 3.88. The largest absolute Gasteiger partial charge is 0.480 e. The summed E-state index contributed by atoms with van der Waals surface area (Å²) in [6.07, 6.45) is -3.82. The highest BCUT2D eigenvalue weighted by atomic mass is 32.1. The molecule has 12 atom stereocenters. The summed E-state index contributed by atoms with van der Waals surface area (Å²) in [5.41, 5.74) is 43.7. The third kappa shape index (κ3) is 25.3. The zero-order valence-electron chi connectivity index (χ0n) is 45.1. The third-order valence-electron chi connectivity index (χ3n) is 12.3. The lowest BCUT2D eigenvalue weighted by atomic mass is 9.97. The Hall–Kier alpha value is -8.12. The molecule has 1 heterocycles. The second-order valence-corrected chi connectivity index (χ2v) is 19.2. The smallest absolute Gasteiger partial charge is 0.328 e. The van der Waals surface area contributed by atoms with Gasteiger partial charge in [0.15, 0.2) is 11.9 Å². The minimum Gasteiger partial charge on any atom is -0.480 e. The highest BCUT2D eigenvalue weighted by Crippen LogP contribution is 2.20. The van der Waals surface area contributed by atoms with Crippen molar-refractivity contribution in [2.24, 2.45) is 61.8 Å². The molecule has 12 amide bonds. The number of guanidine groups is 2. The lowest BCUT2D eigenvalue weighted by Gasteiger charge is -2.30. The third-order valence-corrected chi connectivity index (χ3v) is 12.7. The second-order valence-electron chi connectivity index (χ2n) is 18.9. The van der Waals surface area contributed by atoms with Crippen LogP contribution in [0.2, 0.25) is 0 Å². The number of hydrogen-bond donors (Lipinski definition) is 20. The standard InChI is InChI=1S/C45H79N19O16S/c1-4-19(2)32(40(76)61-27(18-81)38(74)60-26(17-65)43(79)80)62-34(70)22(9-6-12-55-45(52)53)56-41(77)33(20(3)66)63-37(73)25(16-31(49)69)58-35(71)23(14-29(47)67)57-36(72)24(15-30(48)68)59-39(75)28-10-7-13-64(28)42(78)21(46)8-5-11-54-44(50)51/h19-28,32-33,65-66,81H,4-18,46H2,1-3H3,(H2,47,67)(H2,48,68)(H2,49,69)(H,56,77)(H,57,72)(H,58,71)(H,59,75)(H,60,74)(H,61,76)(H,62,70)(H,63,73)(H,79,80)(H4,50,51,54)(H4,52,53,55)/t19-,20+,21-,22-,23-,24-,25-,26-,27-,28-,32-,33-/m0/s1. The number of carboxylic acids is 1. The second kappa shape index (κ2) is 35.5. The molecule has 0 aliphatic carbocycles. The van der Waals surface area contributed by atoms with Crippen molar-refractivity contribution in [2.45, 2.75) is 152 Å². The number of rotatable bonds is 37. The monoisotopic (exact) mass is 1170 g/mol. The summed E-state index contributed by atoms with van der Waals surface area (Å²) in [5.74, 6) is -16.5. The molecular formula is C45H79N19O16S. The molecule has 0 aromatic carbocycles. The molecule has 456 valence electrons. The molecule has 0 spiro atoms. The molecule has 36 heteroatoms. The molecule has 1 aliphatic heterocycles. The fourth-order valence-corrected chi connectivity index (χ4v) is 8.02. The maximum absolute atomic E-state index is 14.0. The van der Waals surface area contributed by atoms with Crippen LogP contribution in [0.5, 0.6) is 0 Å². The van der Waals surface area contributed by atoms with Gasteiger partial charge in [0, 0.05) is 25.4 Å². The number of aliphatic hydroxyl groups excluding tert-OH is 2. The summed E-state index contributed by atoms with van der Waals surface area (Å²) in [4.78, 5) is 180. The van der Waals surface area contributed by atoms with Gasteiger partial charge in [-0.05, 0) is 51.4 Å². The Labute approximate surface area is 470 Å². The molecule has 1 aliphatic rings. The molecule has 1 saturated heterocycles. The van der Waals surface area contributed by atoms with Crippen molar-refractivity contribution in [3.05, 3.63) is 0 Å². The van der Waals surface area contributed by atoms with E-state index in [1.165, 1.54) is 4.90 Å². The minimum absolute atomic E-state index is 0.00917. The normalized spacial score (nSPS) is 16.9. The zero-order valence-corrected chi connectivity index (χ0v) is 46.0. The number of nitrogens with two attached hydrogens (primary N) is 8. The molecule has 1 fully saturated rings. The first-order chi connectivity index (χ1) is 37.9. The highest BCUT2D eigenvalue weighted by molar-refractivity contribution is 7.80. The summed E-state index contributed by atoms with van der Waals surface area (Å²) in [7, 11) is 0. The SMILES string of the molecule is CC[C@H](C)[C@H](NC(=O)[C@H](CCCN=C(N)N)NC(=O)[C@@H](NC(=O)[C@H](CC(N)=O)NC(=O)[C@H](CC(N)=O)NC(=O)[C@H](CC(N)=O)NC(=O)[C@@H]1CCCN1C(=O)[C@@H](N)CCCN=C(N)N)[C@@H](C)O)C(=O)N[C@@H](CS)C(=O)N[C@@H](CO)C(=O)O. The van der Waals surface area contributed by atoms with Gasteiger partial charge in [0.25, 0.3) is 0 Å². The van der Waals surface area contributed by atoms with Gasteiger partial charge >= 0.3 is 5.97 Å². The molecule has 0 unspecified atom stereocenters. The van der Waals surface area contributed by atoms with Crippen molar-refractivity contribution in [1.82, 2.24) is 47.4 Å². The van der Waals surface area contributed by atoms with E-state index in [-0.39, 0.29) is 69.4 Å². The van der Waals surface area contributed by atoms with Gasteiger partial charge < -0.3 is 109 Å². The summed E-state index contributed by atoms with van der Waals surface area (Å²) in [6.45, 7) is 3.46. The predicted octanol–water partition coefficient (Wildman–Crippen LogP) is -10.6. The zero-order chi connectivity index (χ0) is 61.8. The molecule has 0 saturated carbocycles. The van der Waals surface area contributed by atoms with Crippen molar-refractivity contribution < 1.29 is 77.6 Å². The van der Waals surface area contributed by atoms with Gasteiger partial charge in [-0.3, -0.25) is 67.5 Å². The van der Waals surface area contributed by atoms with E-state index in [2.05, 4.69) is 59.8 Å². The van der Waals surface area contributed by atoms with E-state index in [4.69, 9.17) is 45.9 Å². The number of aliphatic hydroxyl groups is 2.